The number of pyridine rings is 1. The van der Waals surface area contributed by atoms with Crippen molar-refractivity contribution in [1.29, 1.82) is 0 Å². The molecule has 0 amide bonds. The highest BCUT2D eigenvalue weighted by molar-refractivity contribution is 5.66. The van der Waals surface area contributed by atoms with Gasteiger partial charge in [0.05, 0.1) is 6.20 Å². The van der Waals surface area contributed by atoms with E-state index in [2.05, 4.69) is 4.98 Å². The van der Waals surface area contributed by atoms with Crippen molar-refractivity contribution in [3.8, 4) is 5.75 Å². The van der Waals surface area contributed by atoms with E-state index in [0.29, 0.717) is 12.0 Å². The van der Waals surface area contributed by atoms with Gasteiger partial charge in [0.1, 0.15) is 5.75 Å². The van der Waals surface area contributed by atoms with Crippen LogP contribution in [0.5, 0.6) is 5.75 Å². The van der Waals surface area contributed by atoms with Gasteiger partial charge in [-0.1, -0.05) is 0 Å². The zero-order valence-corrected chi connectivity index (χ0v) is 7.55. The fourth-order valence-corrected chi connectivity index (χ4v) is 1.14. The van der Waals surface area contributed by atoms with E-state index in [9.17, 15) is 9.90 Å². The summed E-state index contributed by atoms with van der Waals surface area (Å²) in [7, 11) is 0. The van der Waals surface area contributed by atoms with Crippen molar-refractivity contribution in [3.63, 3.8) is 0 Å². The monoisotopic (exact) mass is 196 g/mol. The lowest BCUT2D eigenvalue weighted by Gasteiger charge is -2.11. The van der Waals surface area contributed by atoms with Gasteiger partial charge in [-0.25, -0.2) is 0 Å². The molecular formula is C9H12N2O3. The van der Waals surface area contributed by atoms with Gasteiger partial charge in [0.25, 0.3) is 0 Å². The zero-order chi connectivity index (χ0) is 10.6. The highest BCUT2D eigenvalue weighted by atomic mass is 16.4. The van der Waals surface area contributed by atoms with Gasteiger partial charge in [-0.2, -0.15) is 0 Å². The number of carbonyl (C=O) groups is 1. The Morgan fingerprint density at radius 1 is 1.64 bits per heavy atom. The van der Waals surface area contributed by atoms with Crippen molar-refractivity contribution in [3.05, 3.63) is 24.0 Å². The molecule has 0 saturated carbocycles. The first kappa shape index (κ1) is 10.5. The van der Waals surface area contributed by atoms with Crippen molar-refractivity contribution in [2.75, 3.05) is 0 Å². The molecule has 1 aromatic rings. The summed E-state index contributed by atoms with van der Waals surface area (Å²) in [4.78, 5) is 14.0. The molecule has 0 aliphatic heterocycles. The van der Waals surface area contributed by atoms with Crippen LogP contribution in [0.2, 0.25) is 0 Å². The van der Waals surface area contributed by atoms with Crippen LogP contribution in [0, 0.1) is 0 Å². The molecule has 1 atom stereocenters. The molecule has 4 N–H and O–H groups in total. The maximum atomic E-state index is 10.3. The van der Waals surface area contributed by atoms with Crippen molar-refractivity contribution < 1.29 is 15.0 Å². The second kappa shape index (κ2) is 4.57. The van der Waals surface area contributed by atoms with Crippen molar-refractivity contribution in [2.24, 2.45) is 5.73 Å². The number of aliphatic carboxylic acids is 1. The fourth-order valence-electron chi connectivity index (χ4n) is 1.14. The molecule has 1 rings (SSSR count). The van der Waals surface area contributed by atoms with Gasteiger partial charge in [-0.3, -0.25) is 9.78 Å². The van der Waals surface area contributed by atoms with E-state index in [0.717, 1.165) is 0 Å². The molecule has 0 bridgehead atoms. The fraction of sp³-hybridized carbons (Fsp3) is 0.333. The molecule has 76 valence electrons. The summed E-state index contributed by atoms with van der Waals surface area (Å²) in [5, 5.41) is 17.8. The minimum Gasteiger partial charge on any atom is -0.506 e. The highest BCUT2D eigenvalue weighted by Crippen LogP contribution is 2.23. The summed E-state index contributed by atoms with van der Waals surface area (Å²) < 4.78 is 0. The molecule has 0 saturated heterocycles. The normalized spacial score (nSPS) is 12.4. The Morgan fingerprint density at radius 3 is 2.93 bits per heavy atom. The molecule has 0 fully saturated rings. The van der Waals surface area contributed by atoms with E-state index >= 15 is 0 Å². The van der Waals surface area contributed by atoms with E-state index in [1.807, 2.05) is 0 Å². The van der Waals surface area contributed by atoms with Crippen molar-refractivity contribution in [2.45, 2.75) is 18.9 Å². The SMILES string of the molecule is N[C@@H](CCC(=O)O)c1ccncc1O. The van der Waals surface area contributed by atoms with Gasteiger partial charge in [0.15, 0.2) is 0 Å². The van der Waals surface area contributed by atoms with E-state index < -0.39 is 12.0 Å². The van der Waals surface area contributed by atoms with Gasteiger partial charge in [-0.15, -0.1) is 0 Å². The summed E-state index contributed by atoms with van der Waals surface area (Å²) in [6, 6.07) is 1.12. The lowest BCUT2D eigenvalue weighted by Crippen LogP contribution is -2.12. The molecule has 0 spiro atoms. The Hall–Kier alpha value is -1.62. The molecule has 0 aromatic carbocycles. The number of rotatable bonds is 4. The average Bonchev–Trinajstić information content (AvgIpc) is 2.15. The average molecular weight is 196 g/mol. The molecule has 0 unspecified atom stereocenters. The van der Waals surface area contributed by atoms with Crippen LogP contribution in [0.15, 0.2) is 18.5 Å². The van der Waals surface area contributed by atoms with Gasteiger partial charge >= 0.3 is 5.97 Å². The number of hydrogen-bond acceptors (Lipinski definition) is 4. The lowest BCUT2D eigenvalue weighted by atomic mass is 10.0. The second-order valence-corrected chi connectivity index (χ2v) is 2.97. The van der Waals surface area contributed by atoms with E-state index in [1.165, 1.54) is 12.4 Å². The molecule has 0 aliphatic carbocycles. The van der Waals surface area contributed by atoms with Gasteiger partial charge in [0, 0.05) is 24.2 Å². The standard InChI is InChI=1S/C9H12N2O3/c10-7(1-2-9(13)14)6-3-4-11-5-8(6)12/h3-5,7,12H,1-2,10H2,(H,13,14)/t7-/m0/s1. The van der Waals surface area contributed by atoms with Gasteiger partial charge < -0.3 is 15.9 Å². The van der Waals surface area contributed by atoms with Gasteiger partial charge in [-0.05, 0) is 12.5 Å². The summed E-state index contributed by atoms with van der Waals surface area (Å²) in [6.45, 7) is 0. The maximum Gasteiger partial charge on any atom is 0.303 e. The van der Waals surface area contributed by atoms with E-state index in [4.69, 9.17) is 10.8 Å². The Balaban J connectivity index is 2.65. The van der Waals surface area contributed by atoms with Gasteiger partial charge in [0.2, 0.25) is 0 Å². The summed E-state index contributed by atoms with van der Waals surface area (Å²) in [6.07, 6.45) is 3.08. The predicted molar refractivity (Wildman–Crippen MR) is 49.7 cm³/mol. The first-order chi connectivity index (χ1) is 6.61. The summed E-state index contributed by atoms with van der Waals surface area (Å²) in [5.41, 5.74) is 6.22. The molecule has 5 nitrogen and oxygen atoms in total. The molecule has 0 radical (unpaired) electrons. The first-order valence-electron chi connectivity index (χ1n) is 4.21. The Kier molecular flexibility index (Phi) is 3.41. The number of aromatic nitrogens is 1. The summed E-state index contributed by atoms with van der Waals surface area (Å²) in [5.74, 6) is -0.889. The molecule has 0 aliphatic rings. The van der Waals surface area contributed by atoms with Crippen LogP contribution in [-0.2, 0) is 4.79 Å². The number of carboxylic acids is 1. The number of hydrogen-bond donors (Lipinski definition) is 3. The first-order valence-corrected chi connectivity index (χ1v) is 4.21. The minimum atomic E-state index is -0.894. The molecule has 1 aromatic heterocycles. The number of nitrogens with zero attached hydrogens (tertiary/aromatic N) is 1. The maximum absolute atomic E-state index is 10.3. The zero-order valence-electron chi connectivity index (χ0n) is 7.55. The van der Waals surface area contributed by atoms with Crippen LogP contribution < -0.4 is 5.73 Å². The van der Waals surface area contributed by atoms with Crippen LogP contribution in [0.4, 0.5) is 0 Å². The quantitative estimate of drug-likeness (QED) is 0.657. The predicted octanol–water partition coefficient (Wildman–Crippen LogP) is 0.652. The van der Waals surface area contributed by atoms with Crippen molar-refractivity contribution >= 4 is 5.97 Å². The van der Waals surface area contributed by atoms with E-state index in [1.54, 1.807) is 6.07 Å². The largest absolute Gasteiger partial charge is 0.506 e. The molecule has 14 heavy (non-hydrogen) atoms. The van der Waals surface area contributed by atoms with Crippen LogP contribution in [0.3, 0.4) is 0 Å². The minimum absolute atomic E-state index is 0.00499. The topological polar surface area (TPSA) is 96.4 Å². The van der Waals surface area contributed by atoms with Crippen LogP contribution in [0.25, 0.3) is 0 Å². The van der Waals surface area contributed by atoms with Crippen LogP contribution in [-0.4, -0.2) is 21.2 Å². The van der Waals surface area contributed by atoms with Crippen LogP contribution in [0.1, 0.15) is 24.4 Å². The third-order valence-corrected chi connectivity index (χ3v) is 1.90. The van der Waals surface area contributed by atoms with Crippen molar-refractivity contribution in [1.82, 2.24) is 4.98 Å². The molecular weight excluding hydrogens is 184 g/mol. The molecule has 5 heteroatoms. The number of carboxylic acid groups (broad SMARTS) is 1. The smallest absolute Gasteiger partial charge is 0.303 e. The number of nitrogens with two attached hydrogens (primary N) is 1. The highest BCUT2D eigenvalue weighted by Gasteiger charge is 2.11. The molecule has 1 heterocycles. The summed E-state index contributed by atoms with van der Waals surface area (Å²) >= 11 is 0. The Morgan fingerprint density at radius 2 is 2.36 bits per heavy atom. The number of aromatic hydroxyl groups is 1. The van der Waals surface area contributed by atoms with Crippen LogP contribution >= 0.6 is 0 Å². The van der Waals surface area contributed by atoms with E-state index in [-0.39, 0.29) is 12.2 Å². The Bertz CT molecular complexity index is 328. The lowest BCUT2D eigenvalue weighted by molar-refractivity contribution is -0.137. The second-order valence-electron chi connectivity index (χ2n) is 2.97. The third-order valence-electron chi connectivity index (χ3n) is 1.90. The third kappa shape index (κ3) is 2.70. The Labute approximate surface area is 81.2 Å².